The fourth-order valence-electron chi connectivity index (χ4n) is 5.03. The Balaban J connectivity index is 1.66. The summed E-state index contributed by atoms with van der Waals surface area (Å²) < 4.78 is 38.8. The van der Waals surface area contributed by atoms with E-state index < -0.39 is 22.0 Å². The molecule has 2 heterocycles. The van der Waals surface area contributed by atoms with Crippen molar-refractivity contribution in [2.24, 2.45) is 0 Å². The van der Waals surface area contributed by atoms with Gasteiger partial charge in [0.1, 0.15) is 5.75 Å². The Kier molecular flexibility index (Phi) is 9.26. The SMILES string of the molecule is CCOC(=O)C1=C(CN2CCCN(S(=O)(=O)c3ccccc3)CC2)N(CC)C(=O)NC1c1cccc(OC)c1. The summed E-state index contributed by atoms with van der Waals surface area (Å²) >= 11 is 0. The highest BCUT2D eigenvalue weighted by molar-refractivity contribution is 7.89. The third kappa shape index (κ3) is 6.26. The molecule has 1 unspecified atom stereocenters. The summed E-state index contributed by atoms with van der Waals surface area (Å²) in [5.41, 5.74) is 1.63. The molecule has 0 spiro atoms. The van der Waals surface area contributed by atoms with E-state index in [1.54, 1.807) is 61.4 Å². The summed E-state index contributed by atoms with van der Waals surface area (Å²) in [6.07, 6.45) is 0.617. The molecule has 2 aromatic rings. The van der Waals surface area contributed by atoms with E-state index in [1.165, 1.54) is 4.31 Å². The molecule has 210 valence electrons. The maximum atomic E-state index is 13.4. The van der Waals surface area contributed by atoms with Gasteiger partial charge in [0.25, 0.3) is 0 Å². The summed E-state index contributed by atoms with van der Waals surface area (Å²) in [5.74, 6) is 0.110. The van der Waals surface area contributed by atoms with Crippen molar-refractivity contribution in [3.63, 3.8) is 0 Å². The van der Waals surface area contributed by atoms with Crippen LogP contribution in [0, 0.1) is 0 Å². The zero-order valence-corrected chi connectivity index (χ0v) is 23.4. The second-order valence-electron chi connectivity index (χ2n) is 9.33. The van der Waals surface area contributed by atoms with Gasteiger partial charge in [0.2, 0.25) is 10.0 Å². The van der Waals surface area contributed by atoms with E-state index in [1.807, 2.05) is 19.1 Å². The van der Waals surface area contributed by atoms with E-state index >= 15 is 0 Å². The number of benzene rings is 2. The van der Waals surface area contributed by atoms with Gasteiger partial charge in [-0.3, -0.25) is 9.80 Å². The zero-order valence-electron chi connectivity index (χ0n) is 22.6. The number of nitrogens with zero attached hydrogens (tertiary/aromatic N) is 3. The van der Waals surface area contributed by atoms with Crippen LogP contribution in [0.2, 0.25) is 0 Å². The molecule has 0 radical (unpaired) electrons. The van der Waals surface area contributed by atoms with Crippen LogP contribution in [0.1, 0.15) is 31.9 Å². The number of likely N-dealkylation sites (N-methyl/N-ethyl adjacent to an activating group) is 1. The van der Waals surface area contributed by atoms with Gasteiger partial charge in [-0.1, -0.05) is 30.3 Å². The predicted octanol–water partition coefficient (Wildman–Crippen LogP) is 3.00. The van der Waals surface area contributed by atoms with Crippen molar-refractivity contribution in [3.05, 3.63) is 71.4 Å². The van der Waals surface area contributed by atoms with E-state index in [0.717, 1.165) is 0 Å². The average Bonchev–Trinajstić information content (AvgIpc) is 3.19. The van der Waals surface area contributed by atoms with Gasteiger partial charge in [0, 0.05) is 38.4 Å². The van der Waals surface area contributed by atoms with Crippen LogP contribution >= 0.6 is 0 Å². The van der Waals surface area contributed by atoms with Gasteiger partial charge < -0.3 is 14.8 Å². The molecule has 2 amide bonds. The van der Waals surface area contributed by atoms with E-state index in [0.29, 0.717) is 68.3 Å². The number of nitrogens with one attached hydrogen (secondary N) is 1. The summed E-state index contributed by atoms with van der Waals surface area (Å²) in [6, 6.07) is 14.6. The number of urea groups is 1. The molecule has 1 atom stereocenters. The van der Waals surface area contributed by atoms with Gasteiger partial charge in [0.15, 0.2) is 0 Å². The van der Waals surface area contributed by atoms with Crippen LogP contribution < -0.4 is 10.1 Å². The normalized spacial score (nSPS) is 19.4. The van der Waals surface area contributed by atoms with Crippen molar-refractivity contribution in [1.82, 2.24) is 19.4 Å². The lowest BCUT2D eigenvalue weighted by atomic mass is 9.94. The van der Waals surface area contributed by atoms with E-state index in [9.17, 15) is 18.0 Å². The van der Waals surface area contributed by atoms with Crippen molar-refractivity contribution in [3.8, 4) is 5.75 Å². The van der Waals surface area contributed by atoms with Gasteiger partial charge >= 0.3 is 12.0 Å². The largest absolute Gasteiger partial charge is 0.497 e. The molecule has 0 aliphatic carbocycles. The topological polar surface area (TPSA) is 108 Å². The van der Waals surface area contributed by atoms with Crippen LogP contribution in [-0.4, -0.2) is 87.5 Å². The second kappa shape index (κ2) is 12.6. The molecular formula is C28H36N4O6S. The molecule has 2 aliphatic heterocycles. The summed E-state index contributed by atoms with van der Waals surface area (Å²) in [4.78, 5) is 30.5. The van der Waals surface area contributed by atoms with Gasteiger partial charge in [-0.25, -0.2) is 18.0 Å². The zero-order chi connectivity index (χ0) is 28.0. The first-order valence-electron chi connectivity index (χ1n) is 13.2. The number of ether oxygens (including phenoxy) is 2. The lowest BCUT2D eigenvalue weighted by Crippen LogP contribution is -2.51. The Hall–Kier alpha value is -3.41. The van der Waals surface area contributed by atoms with Crippen LogP contribution in [0.4, 0.5) is 4.79 Å². The monoisotopic (exact) mass is 556 g/mol. The molecule has 11 heteroatoms. The fourth-order valence-corrected chi connectivity index (χ4v) is 6.52. The summed E-state index contributed by atoms with van der Waals surface area (Å²) in [7, 11) is -2.05. The van der Waals surface area contributed by atoms with Crippen LogP contribution in [0.15, 0.2) is 70.8 Å². The van der Waals surface area contributed by atoms with Crippen molar-refractivity contribution >= 4 is 22.0 Å². The van der Waals surface area contributed by atoms with Gasteiger partial charge in [-0.2, -0.15) is 4.31 Å². The molecule has 4 rings (SSSR count). The van der Waals surface area contributed by atoms with Gasteiger partial charge in [-0.15, -0.1) is 0 Å². The molecular weight excluding hydrogens is 520 g/mol. The van der Waals surface area contributed by atoms with Gasteiger partial charge in [-0.05, 0) is 56.6 Å². The number of carbonyl (C=O) groups excluding carboxylic acids is 2. The lowest BCUT2D eigenvalue weighted by Gasteiger charge is -2.38. The highest BCUT2D eigenvalue weighted by atomic mass is 32.2. The quantitative estimate of drug-likeness (QED) is 0.473. The Morgan fingerprint density at radius 1 is 1.03 bits per heavy atom. The van der Waals surface area contributed by atoms with Crippen LogP contribution in [0.25, 0.3) is 0 Å². The third-order valence-corrected chi connectivity index (χ3v) is 8.89. The number of hydrogen-bond donors (Lipinski definition) is 1. The third-order valence-electron chi connectivity index (χ3n) is 6.98. The molecule has 1 N–H and O–H groups in total. The van der Waals surface area contributed by atoms with Crippen LogP contribution in [0.3, 0.4) is 0 Å². The van der Waals surface area contributed by atoms with E-state index in [2.05, 4.69) is 10.2 Å². The number of esters is 1. The molecule has 39 heavy (non-hydrogen) atoms. The maximum absolute atomic E-state index is 13.4. The molecule has 0 bridgehead atoms. The number of methoxy groups -OCH3 is 1. The highest BCUT2D eigenvalue weighted by Crippen LogP contribution is 2.33. The Morgan fingerprint density at radius 2 is 1.79 bits per heavy atom. The first kappa shape index (κ1) is 28.6. The molecule has 0 aromatic heterocycles. The first-order valence-corrected chi connectivity index (χ1v) is 14.6. The van der Waals surface area contributed by atoms with Crippen molar-refractivity contribution in [2.75, 3.05) is 53.0 Å². The Bertz CT molecular complexity index is 1310. The number of carbonyl (C=O) groups is 2. The number of amides is 2. The van der Waals surface area contributed by atoms with Crippen molar-refractivity contribution in [2.45, 2.75) is 31.2 Å². The van der Waals surface area contributed by atoms with Crippen LogP contribution in [-0.2, 0) is 19.6 Å². The van der Waals surface area contributed by atoms with Gasteiger partial charge in [0.05, 0.1) is 30.2 Å². The standard InChI is InChI=1S/C28H36N4O6S/c1-4-32-24(20-30-15-10-16-31(18-17-30)39(35,36)23-13-7-6-8-14-23)25(27(33)38-5-2)26(29-28(32)34)21-11-9-12-22(19-21)37-3/h6-9,11-14,19,26H,4-5,10,15-18,20H2,1-3H3,(H,29,34). The Morgan fingerprint density at radius 3 is 2.49 bits per heavy atom. The average molecular weight is 557 g/mol. The van der Waals surface area contributed by atoms with Crippen molar-refractivity contribution < 1.29 is 27.5 Å². The molecule has 2 aliphatic rings. The fraction of sp³-hybridized carbons (Fsp3) is 0.429. The maximum Gasteiger partial charge on any atom is 0.338 e. The second-order valence-corrected chi connectivity index (χ2v) is 11.3. The molecule has 10 nitrogen and oxygen atoms in total. The molecule has 2 aromatic carbocycles. The minimum absolute atomic E-state index is 0.191. The highest BCUT2D eigenvalue weighted by Gasteiger charge is 2.39. The minimum Gasteiger partial charge on any atom is -0.497 e. The number of sulfonamides is 1. The molecule has 1 saturated heterocycles. The number of rotatable bonds is 9. The number of hydrogen-bond acceptors (Lipinski definition) is 7. The summed E-state index contributed by atoms with van der Waals surface area (Å²) in [5, 5.41) is 2.97. The molecule has 1 fully saturated rings. The van der Waals surface area contributed by atoms with E-state index in [-0.39, 0.29) is 17.5 Å². The summed E-state index contributed by atoms with van der Waals surface area (Å²) in [6.45, 7) is 6.21. The van der Waals surface area contributed by atoms with E-state index in [4.69, 9.17) is 9.47 Å². The van der Waals surface area contributed by atoms with Crippen molar-refractivity contribution in [1.29, 1.82) is 0 Å². The molecule has 0 saturated carbocycles. The smallest absolute Gasteiger partial charge is 0.338 e. The predicted molar refractivity (Wildman–Crippen MR) is 147 cm³/mol. The van der Waals surface area contributed by atoms with Crippen LogP contribution in [0.5, 0.6) is 5.75 Å². The first-order chi connectivity index (χ1) is 18.8. The Labute approximate surface area is 230 Å². The lowest BCUT2D eigenvalue weighted by molar-refractivity contribution is -0.139. The minimum atomic E-state index is -3.61.